The molecule has 0 heterocycles. The van der Waals surface area contributed by atoms with Gasteiger partial charge in [0.05, 0.1) is 12.0 Å². The number of halogens is 1. The smallest absolute Gasteiger partial charge is 0.230 e. The second kappa shape index (κ2) is 6.95. The largest absolute Gasteiger partial charge is 0.392 e. The van der Waals surface area contributed by atoms with E-state index in [0.717, 1.165) is 16.7 Å². The Labute approximate surface area is 135 Å². The number of aliphatic hydroxyl groups excluding tert-OH is 1. The molecule has 2 aromatic rings. The third-order valence-corrected chi connectivity index (χ3v) is 4.11. The van der Waals surface area contributed by atoms with E-state index in [4.69, 9.17) is 11.6 Å². The SMILES string of the molecule is CC(C)(C(=O)NCc1ccccc1CO)c1ccc(Cl)cc1. The highest BCUT2D eigenvalue weighted by Crippen LogP contribution is 2.25. The first kappa shape index (κ1) is 16.5. The average Bonchev–Trinajstić information content (AvgIpc) is 2.53. The van der Waals surface area contributed by atoms with Gasteiger partial charge in [0.2, 0.25) is 5.91 Å². The number of amides is 1. The maximum atomic E-state index is 12.5. The Hall–Kier alpha value is -1.84. The highest BCUT2D eigenvalue weighted by atomic mass is 35.5. The zero-order valence-corrected chi connectivity index (χ0v) is 13.5. The first-order valence-electron chi connectivity index (χ1n) is 7.17. The minimum absolute atomic E-state index is 0.0351. The van der Waals surface area contributed by atoms with Crippen molar-refractivity contribution < 1.29 is 9.90 Å². The molecule has 0 unspecified atom stereocenters. The molecule has 0 saturated carbocycles. The van der Waals surface area contributed by atoms with Gasteiger partial charge >= 0.3 is 0 Å². The summed E-state index contributed by atoms with van der Waals surface area (Å²) in [7, 11) is 0. The molecule has 116 valence electrons. The summed E-state index contributed by atoms with van der Waals surface area (Å²) < 4.78 is 0. The first-order valence-corrected chi connectivity index (χ1v) is 7.55. The zero-order valence-electron chi connectivity index (χ0n) is 12.8. The van der Waals surface area contributed by atoms with Gasteiger partial charge in [-0.15, -0.1) is 0 Å². The summed E-state index contributed by atoms with van der Waals surface area (Å²) >= 11 is 5.89. The number of rotatable bonds is 5. The number of hydrogen-bond acceptors (Lipinski definition) is 2. The molecular formula is C18H20ClNO2. The van der Waals surface area contributed by atoms with E-state index in [0.29, 0.717) is 11.6 Å². The Bertz CT molecular complexity index is 650. The van der Waals surface area contributed by atoms with Crippen molar-refractivity contribution in [1.29, 1.82) is 0 Å². The molecule has 0 atom stereocenters. The van der Waals surface area contributed by atoms with Crippen molar-refractivity contribution in [3.05, 3.63) is 70.2 Å². The second-order valence-electron chi connectivity index (χ2n) is 5.74. The van der Waals surface area contributed by atoms with E-state index in [2.05, 4.69) is 5.32 Å². The van der Waals surface area contributed by atoms with Crippen LogP contribution in [-0.2, 0) is 23.4 Å². The maximum Gasteiger partial charge on any atom is 0.230 e. The topological polar surface area (TPSA) is 49.3 Å². The second-order valence-corrected chi connectivity index (χ2v) is 6.18. The summed E-state index contributed by atoms with van der Waals surface area (Å²) in [6, 6.07) is 14.8. The standard InChI is InChI=1S/C18H20ClNO2/c1-18(2,15-7-9-16(19)10-8-15)17(22)20-11-13-5-3-4-6-14(13)12-21/h3-10,21H,11-12H2,1-2H3,(H,20,22). The summed E-state index contributed by atoms with van der Waals surface area (Å²) in [5, 5.41) is 12.9. The lowest BCUT2D eigenvalue weighted by Gasteiger charge is -2.24. The van der Waals surface area contributed by atoms with E-state index in [1.54, 1.807) is 12.1 Å². The van der Waals surface area contributed by atoms with Crippen molar-refractivity contribution in [2.24, 2.45) is 0 Å². The Morgan fingerprint density at radius 1 is 1.09 bits per heavy atom. The molecule has 0 radical (unpaired) electrons. The van der Waals surface area contributed by atoms with Crippen molar-refractivity contribution >= 4 is 17.5 Å². The van der Waals surface area contributed by atoms with Gasteiger partial charge in [0.15, 0.2) is 0 Å². The number of nitrogens with one attached hydrogen (secondary N) is 1. The Morgan fingerprint density at radius 3 is 2.27 bits per heavy atom. The molecule has 0 aliphatic rings. The van der Waals surface area contributed by atoms with Gasteiger partial charge in [-0.25, -0.2) is 0 Å². The van der Waals surface area contributed by atoms with Crippen LogP contribution in [0.3, 0.4) is 0 Å². The van der Waals surface area contributed by atoms with E-state index in [1.165, 1.54) is 0 Å². The van der Waals surface area contributed by atoms with E-state index in [9.17, 15) is 9.90 Å². The molecular weight excluding hydrogens is 298 g/mol. The van der Waals surface area contributed by atoms with Crippen LogP contribution in [-0.4, -0.2) is 11.0 Å². The van der Waals surface area contributed by atoms with Gasteiger partial charge in [-0.2, -0.15) is 0 Å². The van der Waals surface area contributed by atoms with Gasteiger partial charge < -0.3 is 10.4 Å². The lowest BCUT2D eigenvalue weighted by Crippen LogP contribution is -2.39. The molecule has 0 saturated heterocycles. The Kier molecular flexibility index (Phi) is 5.22. The number of hydrogen-bond donors (Lipinski definition) is 2. The van der Waals surface area contributed by atoms with Crippen LogP contribution < -0.4 is 5.32 Å². The third-order valence-electron chi connectivity index (χ3n) is 3.86. The molecule has 0 aliphatic heterocycles. The van der Waals surface area contributed by atoms with E-state index < -0.39 is 5.41 Å². The van der Waals surface area contributed by atoms with Gasteiger partial charge in [-0.3, -0.25) is 4.79 Å². The molecule has 1 amide bonds. The number of benzene rings is 2. The van der Waals surface area contributed by atoms with Crippen molar-refractivity contribution in [3.8, 4) is 0 Å². The van der Waals surface area contributed by atoms with Crippen LogP contribution >= 0.6 is 11.6 Å². The monoisotopic (exact) mass is 317 g/mol. The first-order chi connectivity index (χ1) is 10.4. The van der Waals surface area contributed by atoms with Gasteiger partial charge in [0, 0.05) is 11.6 Å². The number of carbonyl (C=O) groups is 1. The minimum Gasteiger partial charge on any atom is -0.392 e. The fraction of sp³-hybridized carbons (Fsp3) is 0.278. The fourth-order valence-electron chi connectivity index (χ4n) is 2.28. The highest BCUT2D eigenvalue weighted by molar-refractivity contribution is 6.30. The molecule has 22 heavy (non-hydrogen) atoms. The molecule has 0 bridgehead atoms. The summed E-state index contributed by atoms with van der Waals surface area (Å²) in [6.45, 7) is 4.12. The number of aliphatic hydroxyl groups is 1. The molecule has 2 aromatic carbocycles. The van der Waals surface area contributed by atoms with Crippen molar-refractivity contribution in [1.82, 2.24) is 5.32 Å². The zero-order chi connectivity index (χ0) is 16.2. The van der Waals surface area contributed by atoms with Crippen LogP contribution in [0.4, 0.5) is 0 Å². The van der Waals surface area contributed by atoms with Gasteiger partial charge in [0.1, 0.15) is 0 Å². The Morgan fingerprint density at radius 2 is 1.68 bits per heavy atom. The van der Waals surface area contributed by atoms with Crippen LogP contribution in [0, 0.1) is 0 Å². The molecule has 3 nitrogen and oxygen atoms in total. The summed E-state index contributed by atoms with van der Waals surface area (Å²) in [6.07, 6.45) is 0. The number of carbonyl (C=O) groups excluding carboxylic acids is 1. The molecule has 4 heteroatoms. The molecule has 0 fully saturated rings. The normalized spacial score (nSPS) is 11.3. The Balaban J connectivity index is 2.09. The van der Waals surface area contributed by atoms with E-state index in [-0.39, 0.29) is 12.5 Å². The van der Waals surface area contributed by atoms with Crippen molar-refractivity contribution in [3.63, 3.8) is 0 Å². The average molecular weight is 318 g/mol. The van der Waals surface area contributed by atoms with E-state index in [1.807, 2.05) is 50.2 Å². The molecule has 2 N–H and O–H groups in total. The third kappa shape index (κ3) is 3.67. The van der Waals surface area contributed by atoms with Gasteiger partial charge in [-0.1, -0.05) is 48.0 Å². The lowest BCUT2D eigenvalue weighted by atomic mass is 9.83. The van der Waals surface area contributed by atoms with Crippen LogP contribution in [0.25, 0.3) is 0 Å². The lowest BCUT2D eigenvalue weighted by molar-refractivity contribution is -0.125. The molecule has 0 spiro atoms. The van der Waals surface area contributed by atoms with Crippen LogP contribution in [0.2, 0.25) is 5.02 Å². The quantitative estimate of drug-likeness (QED) is 0.887. The predicted molar refractivity (Wildman–Crippen MR) is 88.7 cm³/mol. The van der Waals surface area contributed by atoms with Crippen LogP contribution in [0.5, 0.6) is 0 Å². The summed E-state index contributed by atoms with van der Waals surface area (Å²) in [5.41, 5.74) is 2.00. The van der Waals surface area contributed by atoms with Crippen molar-refractivity contribution in [2.75, 3.05) is 0 Å². The minimum atomic E-state index is -0.654. The summed E-state index contributed by atoms with van der Waals surface area (Å²) in [5.74, 6) is -0.0671. The van der Waals surface area contributed by atoms with Gasteiger partial charge in [-0.05, 0) is 42.7 Å². The predicted octanol–water partition coefficient (Wildman–Crippen LogP) is 3.43. The van der Waals surface area contributed by atoms with Crippen LogP contribution in [0.15, 0.2) is 48.5 Å². The van der Waals surface area contributed by atoms with Crippen molar-refractivity contribution in [2.45, 2.75) is 32.4 Å². The molecule has 0 aliphatic carbocycles. The maximum absolute atomic E-state index is 12.5. The molecule has 2 rings (SSSR count). The highest BCUT2D eigenvalue weighted by Gasteiger charge is 2.29. The van der Waals surface area contributed by atoms with Crippen LogP contribution in [0.1, 0.15) is 30.5 Å². The van der Waals surface area contributed by atoms with Gasteiger partial charge in [0.25, 0.3) is 0 Å². The fourth-order valence-corrected chi connectivity index (χ4v) is 2.40. The van der Waals surface area contributed by atoms with E-state index >= 15 is 0 Å². The molecule has 0 aromatic heterocycles. The summed E-state index contributed by atoms with van der Waals surface area (Å²) in [4.78, 5) is 12.5.